The van der Waals surface area contributed by atoms with Gasteiger partial charge in [-0.2, -0.15) is 5.10 Å². The van der Waals surface area contributed by atoms with E-state index in [0.717, 1.165) is 22.6 Å². The van der Waals surface area contributed by atoms with Gasteiger partial charge in [-0.05, 0) is 77.5 Å². The molecule has 1 aliphatic rings. The van der Waals surface area contributed by atoms with Crippen LogP contribution in [0.2, 0.25) is 0 Å². The van der Waals surface area contributed by atoms with Crippen molar-refractivity contribution in [3.63, 3.8) is 0 Å². The van der Waals surface area contributed by atoms with Crippen LogP contribution in [0.15, 0.2) is 117 Å². The van der Waals surface area contributed by atoms with E-state index in [1.165, 1.54) is 11.8 Å². The first kappa shape index (κ1) is 25.1. The van der Waals surface area contributed by atoms with Gasteiger partial charge in [0, 0.05) is 19.8 Å². The number of benzene rings is 3. The number of hydrogen-bond acceptors (Lipinski definition) is 7. The Balaban J connectivity index is 1.38. The smallest absolute Gasteiger partial charge is 0.267 e. The Hall–Kier alpha value is -4.56. The highest BCUT2D eigenvalue weighted by Crippen LogP contribution is 2.34. The fourth-order valence-corrected chi connectivity index (χ4v) is 4.66. The van der Waals surface area contributed by atoms with Crippen LogP contribution in [-0.4, -0.2) is 36.3 Å². The Morgan fingerprint density at radius 1 is 0.921 bits per heavy atom. The lowest BCUT2D eigenvalue weighted by atomic mass is 10.2. The van der Waals surface area contributed by atoms with Gasteiger partial charge >= 0.3 is 0 Å². The van der Waals surface area contributed by atoms with Crippen molar-refractivity contribution in [2.24, 2.45) is 10.2 Å². The standard InChI is InChI=1S/C30H26N4O3S/c1-33(2)24-15-13-22(14-16-24)20-31-32-30-34(21-27-12-7-17-36-27)29(35)28(38-30)19-23-8-6-11-26(18-23)37-25-9-4-3-5-10-25/h3-20H,21H2,1-2H3/b28-19-,31-20-,32-30+. The predicted octanol–water partition coefficient (Wildman–Crippen LogP) is 6.64. The summed E-state index contributed by atoms with van der Waals surface area (Å²) in [5, 5.41) is 9.14. The summed E-state index contributed by atoms with van der Waals surface area (Å²) in [6, 6.07) is 28.8. The Morgan fingerprint density at radius 2 is 1.71 bits per heavy atom. The Labute approximate surface area is 225 Å². The highest BCUT2D eigenvalue weighted by Gasteiger charge is 2.34. The number of amides is 1. The predicted molar refractivity (Wildman–Crippen MR) is 154 cm³/mol. The molecular weight excluding hydrogens is 496 g/mol. The van der Waals surface area contributed by atoms with Gasteiger partial charge in [0.25, 0.3) is 5.91 Å². The van der Waals surface area contributed by atoms with Gasteiger partial charge in [-0.15, -0.1) is 5.10 Å². The molecule has 1 aromatic heterocycles. The number of carbonyl (C=O) groups excluding carboxylic acids is 1. The molecule has 190 valence electrons. The summed E-state index contributed by atoms with van der Waals surface area (Å²) in [6.45, 7) is 0.263. The maximum absolute atomic E-state index is 13.4. The maximum Gasteiger partial charge on any atom is 0.267 e. The minimum absolute atomic E-state index is 0.162. The lowest BCUT2D eigenvalue weighted by molar-refractivity contribution is -0.122. The normalized spacial score (nSPS) is 15.6. The quantitative estimate of drug-likeness (QED) is 0.147. The van der Waals surface area contributed by atoms with Crippen molar-refractivity contribution in [2.45, 2.75) is 6.54 Å². The molecule has 0 bridgehead atoms. The molecule has 1 amide bonds. The second kappa shape index (κ2) is 11.7. The molecular formula is C30H26N4O3S. The van der Waals surface area contributed by atoms with Gasteiger partial charge in [0.1, 0.15) is 17.3 Å². The zero-order valence-corrected chi connectivity index (χ0v) is 21.8. The van der Waals surface area contributed by atoms with Crippen LogP contribution in [0.1, 0.15) is 16.9 Å². The average molecular weight is 523 g/mol. The fraction of sp³-hybridized carbons (Fsp3) is 0.100. The van der Waals surface area contributed by atoms with Crippen LogP contribution < -0.4 is 9.64 Å². The first-order valence-corrected chi connectivity index (χ1v) is 12.8. The first-order chi connectivity index (χ1) is 18.5. The van der Waals surface area contributed by atoms with E-state index < -0.39 is 0 Å². The number of ether oxygens (including phenoxy) is 1. The molecule has 0 unspecified atom stereocenters. The molecule has 4 aromatic rings. The van der Waals surface area contributed by atoms with E-state index in [9.17, 15) is 4.79 Å². The molecule has 0 spiro atoms. The maximum atomic E-state index is 13.4. The summed E-state index contributed by atoms with van der Waals surface area (Å²) in [6.07, 6.45) is 5.10. The molecule has 7 nitrogen and oxygen atoms in total. The van der Waals surface area contributed by atoms with E-state index in [1.807, 2.05) is 110 Å². The summed E-state index contributed by atoms with van der Waals surface area (Å²) >= 11 is 1.28. The van der Waals surface area contributed by atoms with E-state index in [4.69, 9.17) is 9.15 Å². The van der Waals surface area contributed by atoms with Gasteiger partial charge in [0.2, 0.25) is 0 Å². The number of para-hydroxylation sites is 1. The van der Waals surface area contributed by atoms with Crippen molar-refractivity contribution in [1.82, 2.24) is 4.90 Å². The number of amidine groups is 1. The van der Waals surface area contributed by atoms with E-state index >= 15 is 0 Å². The van der Waals surface area contributed by atoms with Crippen molar-refractivity contribution in [3.8, 4) is 11.5 Å². The zero-order chi connectivity index (χ0) is 26.3. The van der Waals surface area contributed by atoms with Crippen molar-refractivity contribution in [1.29, 1.82) is 0 Å². The SMILES string of the molecule is CN(C)c1ccc(/C=N\N=C2\S/C(=C\c3cccc(Oc4ccccc4)c3)C(=O)N2Cc2ccco2)cc1. The van der Waals surface area contributed by atoms with Crippen LogP contribution in [0.4, 0.5) is 5.69 Å². The Kier molecular flexibility index (Phi) is 7.70. The Bertz CT molecular complexity index is 1480. The molecule has 0 saturated carbocycles. The van der Waals surface area contributed by atoms with E-state index in [0.29, 0.717) is 21.6 Å². The third-order valence-electron chi connectivity index (χ3n) is 5.68. The molecule has 0 aliphatic carbocycles. The monoisotopic (exact) mass is 522 g/mol. The first-order valence-electron chi connectivity index (χ1n) is 12.0. The van der Waals surface area contributed by atoms with E-state index in [1.54, 1.807) is 23.4 Å². The van der Waals surface area contributed by atoms with Crippen molar-refractivity contribution >= 4 is 40.8 Å². The number of thioether (sulfide) groups is 1. The topological polar surface area (TPSA) is 70.6 Å². The van der Waals surface area contributed by atoms with Gasteiger partial charge in [0.05, 0.1) is 23.9 Å². The molecule has 0 atom stereocenters. The number of furan rings is 1. The molecule has 1 saturated heterocycles. The van der Waals surface area contributed by atoms with Crippen LogP contribution in [0.3, 0.4) is 0 Å². The summed E-state index contributed by atoms with van der Waals surface area (Å²) < 4.78 is 11.4. The molecule has 0 radical (unpaired) electrons. The second-order valence-electron chi connectivity index (χ2n) is 8.68. The second-order valence-corrected chi connectivity index (χ2v) is 9.69. The lowest BCUT2D eigenvalue weighted by Gasteiger charge is -2.12. The van der Waals surface area contributed by atoms with E-state index in [-0.39, 0.29) is 12.5 Å². The van der Waals surface area contributed by atoms with Gasteiger partial charge in [-0.3, -0.25) is 9.69 Å². The zero-order valence-electron chi connectivity index (χ0n) is 21.0. The van der Waals surface area contributed by atoms with E-state index in [2.05, 4.69) is 10.2 Å². The largest absolute Gasteiger partial charge is 0.467 e. The highest BCUT2D eigenvalue weighted by atomic mass is 32.2. The number of nitrogens with zero attached hydrogens (tertiary/aromatic N) is 4. The van der Waals surface area contributed by atoms with Crippen molar-refractivity contribution < 1.29 is 13.9 Å². The molecule has 0 N–H and O–H groups in total. The van der Waals surface area contributed by atoms with Crippen LogP contribution in [-0.2, 0) is 11.3 Å². The van der Waals surface area contributed by atoms with Gasteiger partial charge in [-0.25, -0.2) is 0 Å². The fourth-order valence-electron chi connectivity index (χ4n) is 3.73. The minimum atomic E-state index is -0.162. The molecule has 1 fully saturated rings. The summed E-state index contributed by atoms with van der Waals surface area (Å²) in [7, 11) is 3.99. The van der Waals surface area contributed by atoms with Crippen molar-refractivity contribution in [3.05, 3.63) is 119 Å². The van der Waals surface area contributed by atoms with Gasteiger partial charge < -0.3 is 14.1 Å². The third-order valence-corrected chi connectivity index (χ3v) is 6.67. The summed E-state index contributed by atoms with van der Waals surface area (Å²) in [5.41, 5.74) is 2.86. The molecule has 1 aliphatic heterocycles. The number of carbonyl (C=O) groups is 1. The van der Waals surface area contributed by atoms with Crippen LogP contribution >= 0.6 is 11.8 Å². The van der Waals surface area contributed by atoms with Gasteiger partial charge in [-0.1, -0.05) is 42.5 Å². The molecule has 5 rings (SSSR count). The summed E-state index contributed by atoms with van der Waals surface area (Å²) in [5.74, 6) is 1.93. The van der Waals surface area contributed by atoms with Crippen molar-refractivity contribution in [2.75, 3.05) is 19.0 Å². The van der Waals surface area contributed by atoms with Crippen LogP contribution in [0.5, 0.6) is 11.5 Å². The lowest BCUT2D eigenvalue weighted by Crippen LogP contribution is -2.28. The van der Waals surface area contributed by atoms with Crippen LogP contribution in [0, 0.1) is 0 Å². The highest BCUT2D eigenvalue weighted by molar-refractivity contribution is 8.18. The van der Waals surface area contributed by atoms with Crippen LogP contribution in [0.25, 0.3) is 6.08 Å². The Morgan fingerprint density at radius 3 is 2.45 bits per heavy atom. The number of anilines is 1. The minimum Gasteiger partial charge on any atom is -0.467 e. The summed E-state index contributed by atoms with van der Waals surface area (Å²) in [4.78, 5) is 17.5. The molecule has 2 heterocycles. The van der Waals surface area contributed by atoms with Gasteiger partial charge in [0.15, 0.2) is 5.17 Å². The average Bonchev–Trinajstić information content (AvgIpc) is 3.54. The third kappa shape index (κ3) is 6.22. The molecule has 8 heteroatoms. The molecule has 3 aromatic carbocycles. The number of hydrogen-bond donors (Lipinski definition) is 0. The molecule has 38 heavy (non-hydrogen) atoms. The number of rotatable bonds is 8.